The SMILES string of the molecule is [CH2]N(C)/C(=N\NC(N(C)C)=[N+](C)C)N(C)C. The highest BCUT2D eigenvalue weighted by Gasteiger charge is 2.12. The molecule has 0 aliphatic heterocycles. The first-order valence-electron chi connectivity index (χ1n) is 5.04. The molecule has 0 aromatic rings. The van der Waals surface area contributed by atoms with Crippen molar-refractivity contribution in [3.8, 4) is 0 Å². The molecule has 0 unspecified atom stereocenters. The monoisotopic (exact) mass is 228 g/mol. The molecule has 0 rings (SSSR count). The predicted octanol–water partition coefficient (Wildman–Crippen LogP) is -0.678. The number of hydrogen-bond donors (Lipinski definition) is 1. The zero-order chi connectivity index (χ0) is 12.9. The molecular formula is C10H24N6+. The van der Waals surface area contributed by atoms with Crippen molar-refractivity contribution in [1.29, 1.82) is 0 Å². The van der Waals surface area contributed by atoms with Gasteiger partial charge >= 0.3 is 5.96 Å². The molecule has 0 aliphatic rings. The van der Waals surface area contributed by atoms with Crippen molar-refractivity contribution in [3.63, 3.8) is 0 Å². The molecule has 0 fully saturated rings. The molecule has 6 heteroatoms. The zero-order valence-corrected chi connectivity index (χ0v) is 11.4. The third-order valence-corrected chi connectivity index (χ3v) is 1.84. The molecule has 0 bridgehead atoms. The summed E-state index contributed by atoms with van der Waals surface area (Å²) in [6, 6.07) is 0. The first-order chi connectivity index (χ1) is 7.27. The smallest absolute Gasteiger partial charge is 0.346 e. The Bertz CT molecular complexity index is 263. The maximum atomic E-state index is 4.30. The summed E-state index contributed by atoms with van der Waals surface area (Å²) in [5.41, 5.74) is 3.01. The van der Waals surface area contributed by atoms with Crippen molar-refractivity contribution in [1.82, 2.24) is 20.1 Å². The second-order valence-electron chi connectivity index (χ2n) is 4.23. The fraction of sp³-hybridized carbons (Fsp3) is 0.700. The molecule has 1 radical (unpaired) electrons. The highest BCUT2D eigenvalue weighted by Crippen LogP contribution is 1.89. The minimum Gasteiger partial charge on any atom is -0.346 e. The van der Waals surface area contributed by atoms with Gasteiger partial charge < -0.3 is 9.80 Å². The van der Waals surface area contributed by atoms with Gasteiger partial charge in [-0.3, -0.25) is 9.48 Å². The van der Waals surface area contributed by atoms with Crippen LogP contribution in [0.3, 0.4) is 0 Å². The second kappa shape index (κ2) is 6.19. The van der Waals surface area contributed by atoms with Gasteiger partial charge in [0.2, 0.25) is 5.96 Å². The van der Waals surface area contributed by atoms with Crippen LogP contribution >= 0.6 is 0 Å². The Morgan fingerprint density at radius 3 is 1.81 bits per heavy atom. The molecule has 0 amide bonds. The molecule has 0 aromatic heterocycles. The molecule has 93 valence electrons. The standard InChI is InChI=1S/C10H23N6/c1-13(2)9(14(3)4)11-12-10(15(5)6)16(7)8/h1H2,2-8H3/p+1/b11-9+. The highest BCUT2D eigenvalue weighted by molar-refractivity contribution is 5.82. The topological polar surface area (TPSA) is 37.1 Å². The van der Waals surface area contributed by atoms with Crippen molar-refractivity contribution < 1.29 is 4.58 Å². The summed E-state index contributed by atoms with van der Waals surface area (Å²) in [5.74, 6) is 1.66. The van der Waals surface area contributed by atoms with Gasteiger partial charge in [-0.2, -0.15) is 5.43 Å². The van der Waals surface area contributed by atoms with E-state index in [1.165, 1.54) is 0 Å². The van der Waals surface area contributed by atoms with Gasteiger partial charge in [0.15, 0.2) is 0 Å². The maximum Gasteiger partial charge on any atom is 0.371 e. The molecule has 0 aromatic carbocycles. The highest BCUT2D eigenvalue weighted by atomic mass is 15.5. The molecule has 0 spiro atoms. The summed E-state index contributed by atoms with van der Waals surface area (Å²) in [6.45, 7) is 0. The van der Waals surface area contributed by atoms with Crippen LogP contribution in [-0.2, 0) is 0 Å². The average molecular weight is 228 g/mol. The second-order valence-corrected chi connectivity index (χ2v) is 4.23. The Kier molecular flexibility index (Phi) is 5.63. The van der Waals surface area contributed by atoms with Crippen LogP contribution in [-0.4, -0.2) is 80.5 Å². The van der Waals surface area contributed by atoms with E-state index >= 15 is 0 Å². The maximum absolute atomic E-state index is 4.30. The summed E-state index contributed by atoms with van der Waals surface area (Å²) < 4.78 is 1.96. The Hall–Kier alpha value is -1.46. The lowest BCUT2D eigenvalue weighted by Gasteiger charge is -2.21. The normalized spacial score (nSPS) is 10.9. The van der Waals surface area contributed by atoms with Gasteiger partial charge in [0.25, 0.3) is 0 Å². The lowest BCUT2D eigenvalue weighted by atomic mass is 10.7. The third kappa shape index (κ3) is 4.37. The summed E-state index contributed by atoms with van der Waals surface area (Å²) in [6.07, 6.45) is 0. The first-order valence-corrected chi connectivity index (χ1v) is 5.04. The molecule has 1 N–H and O–H groups in total. The molecule has 6 nitrogen and oxygen atoms in total. The zero-order valence-electron chi connectivity index (χ0n) is 11.4. The van der Waals surface area contributed by atoms with Crippen LogP contribution in [0.1, 0.15) is 0 Å². The van der Waals surface area contributed by atoms with Crippen LogP contribution in [0.5, 0.6) is 0 Å². The Morgan fingerprint density at radius 2 is 1.56 bits per heavy atom. The molecule has 0 saturated carbocycles. The third-order valence-electron chi connectivity index (χ3n) is 1.84. The van der Waals surface area contributed by atoms with Crippen LogP contribution in [0.2, 0.25) is 0 Å². The molecule has 0 saturated heterocycles. The van der Waals surface area contributed by atoms with Gasteiger partial charge in [0.1, 0.15) is 0 Å². The van der Waals surface area contributed by atoms with E-state index < -0.39 is 0 Å². The van der Waals surface area contributed by atoms with E-state index in [0.29, 0.717) is 0 Å². The van der Waals surface area contributed by atoms with Gasteiger partial charge in [0, 0.05) is 28.2 Å². The molecule has 0 atom stereocenters. The van der Waals surface area contributed by atoms with Gasteiger partial charge in [-0.25, -0.2) is 0 Å². The van der Waals surface area contributed by atoms with E-state index in [1.54, 1.807) is 4.90 Å². The quantitative estimate of drug-likeness (QED) is 0.279. The van der Waals surface area contributed by atoms with Crippen LogP contribution in [0.25, 0.3) is 0 Å². The summed E-state index contributed by atoms with van der Waals surface area (Å²) in [4.78, 5) is 5.55. The first kappa shape index (κ1) is 14.5. The van der Waals surface area contributed by atoms with E-state index in [1.807, 2.05) is 63.7 Å². The lowest BCUT2D eigenvalue weighted by molar-refractivity contribution is -0.472. The molecular weight excluding hydrogens is 204 g/mol. The van der Waals surface area contributed by atoms with Crippen LogP contribution in [0.15, 0.2) is 5.10 Å². The fourth-order valence-electron chi connectivity index (χ4n) is 1.23. The van der Waals surface area contributed by atoms with Crippen molar-refractivity contribution in [2.45, 2.75) is 0 Å². The fourth-order valence-corrected chi connectivity index (χ4v) is 1.23. The summed E-state index contributed by atoms with van der Waals surface area (Å²) in [5, 5.41) is 4.30. The summed E-state index contributed by atoms with van der Waals surface area (Å²) in [7, 11) is 17.4. The van der Waals surface area contributed by atoms with Crippen molar-refractivity contribution in [2.75, 3.05) is 49.3 Å². The minimum atomic E-state index is 0.751. The van der Waals surface area contributed by atoms with Gasteiger partial charge in [-0.1, -0.05) is 5.10 Å². The van der Waals surface area contributed by atoms with E-state index in [2.05, 4.69) is 17.6 Å². The minimum absolute atomic E-state index is 0.751. The molecule has 0 heterocycles. The van der Waals surface area contributed by atoms with E-state index in [9.17, 15) is 0 Å². The summed E-state index contributed by atoms with van der Waals surface area (Å²) >= 11 is 0. The molecule has 0 aliphatic carbocycles. The number of rotatable bonds is 1. The number of nitrogens with zero attached hydrogens (tertiary/aromatic N) is 5. The Labute approximate surface area is 98.8 Å². The number of hydrazone groups is 1. The van der Waals surface area contributed by atoms with Crippen molar-refractivity contribution in [3.05, 3.63) is 7.05 Å². The van der Waals surface area contributed by atoms with Crippen LogP contribution in [0, 0.1) is 7.05 Å². The molecule has 16 heavy (non-hydrogen) atoms. The predicted molar refractivity (Wildman–Crippen MR) is 68.2 cm³/mol. The van der Waals surface area contributed by atoms with Crippen molar-refractivity contribution >= 4 is 11.9 Å². The van der Waals surface area contributed by atoms with E-state index in [4.69, 9.17) is 0 Å². The Morgan fingerprint density at radius 1 is 1.06 bits per heavy atom. The van der Waals surface area contributed by atoms with Crippen LogP contribution in [0.4, 0.5) is 0 Å². The Balaban J connectivity index is 4.84. The number of guanidine groups is 2. The van der Waals surface area contributed by atoms with Gasteiger partial charge in [-0.15, -0.1) is 0 Å². The van der Waals surface area contributed by atoms with E-state index in [-0.39, 0.29) is 0 Å². The number of hydrogen-bond acceptors (Lipinski definition) is 1. The largest absolute Gasteiger partial charge is 0.371 e. The van der Waals surface area contributed by atoms with Crippen molar-refractivity contribution in [2.24, 2.45) is 5.10 Å². The van der Waals surface area contributed by atoms with Crippen LogP contribution < -0.4 is 5.43 Å². The van der Waals surface area contributed by atoms with Gasteiger partial charge in [0.05, 0.1) is 28.2 Å². The average Bonchev–Trinajstić information content (AvgIpc) is 2.09. The lowest BCUT2D eigenvalue weighted by Crippen LogP contribution is -2.42. The van der Waals surface area contributed by atoms with Gasteiger partial charge in [-0.05, 0) is 0 Å². The number of nitrogens with one attached hydrogen (secondary N) is 1. The van der Waals surface area contributed by atoms with E-state index in [0.717, 1.165) is 11.9 Å².